The van der Waals surface area contributed by atoms with E-state index in [0.717, 1.165) is 18.0 Å². The van der Waals surface area contributed by atoms with Gasteiger partial charge < -0.3 is 15.0 Å². The van der Waals surface area contributed by atoms with Gasteiger partial charge in [0, 0.05) is 23.7 Å². The fourth-order valence-electron chi connectivity index (χ4n) is 3.63. The van der Waals surface area contributed by atoms with Crippen molar-refractivity contribution in [2.24, 2.45) is 0 Å². The molecule has 1 N–H and O–H groups in total. The summed E-state index contributed by atoms with van der Waals surface area (Å²) in [6, 6.07) is 17.5. The Balaban J connectivity index is 1.68. The van der Waals surface area contributed by atoms with E-state index in [1.165, 1.54) is 30.5 Å². The van der Waals surface area contributed by atoms with Crippen LogP contribution in [0.25, 0.3) is 0 Å². The number of nitrogens with zero attached hydrogens (tertiary/aromatic N) is 1. The van der Waals surface area contributed by atoms with E-state index >= 15 is 0 Å². The Morgan fingerprint density at radius 1 is 1.00 bits per heavy atom. The second kappa shape index (κ2) is 5.75. The molecule has 0 spiro atoms. The highest BCUT2D eigenvalue weighted by atomic mass is 16.5. The number of likely N-dealkylation sites (N-methyl/N-ethyl adjacent to an activating group) is 1. The van der Waals surface area contributed by atoms with Crippen LogP contribution >= 0.6 is 0 Å². The van der Waals surface area contributed by atoms with Gasteiger partial charge in [-0.25, -0.2) is 0 Å². The van der Waals surface area contributed by atoms with Crippen molar-refractivity contribution in [2.45, 2.75) is 24.9 Å². The van der Waals surface area contributed by atoms with Gasteiger partial charge in [-0.1, -0.05) is 36.4 Å². The Kier molecular flexibility index (Phi) is 3.60. The van der Waals surface area contributed by atoms with Gasteiger partial charge in [0.15, 0.2) is 0 Å². The lowest BCUT2D eigenvalue weighted by Gasteiger charge is -2.36. The Morgan fingerprint density at radius 3 is 2.27 bits per heavy atom. The number of hydrogen-bond donors (Lipinski definition) is 1. The molecular formula is C19H22N2O. The minimum Gasteiger partial charge on any atom is -0.457 e. The lowest BCUT2D eigenvalue weighted by Crippen LogP contribution is -2.45. The standard InChI is InChI=1S/C19H22N2O/c1-21-12-6-7-14(13-21)20-19-15-8-2-4-10-17(15)22-18-11-5-3-9-16(18)19/h2-5,8-11,14,19-20H,6-7,12-13H2,1H3. The van der Waals surface area contributed by atoms with Crippen LogP contribution < -0.4 is 10.1 Å². The SMILES string of the molecule is CN1CCCC(NC2c3ccccc3Oc3ccccc32)C1. The maximum Gasteiger partial charge on any atom is 0.132 e. The van der Waals surface area contributed by atoms with Crippen molar-refractivity contribution >= 4 is 0 Å². The number of benzene rings is 2. The first-order valence-corrected chi connectivity index (χ1v) is 8.11. The molecule has 2 aromatic rings. The lowest BCUT2D eigenvalue weighted by atomic mass is 9.93. The molecule has 0 aromatic heterocycles. The zero-order valence-electron chi connectivity index (χ0n) is 13.0. The van der Waals surface area contributed by atoms with Crippen molar-refractivity contribution in [3.05, 3.63) is 59.7 Å². The van der Waals surface area contributed by atoms with E-state index < -0.39 is 0 Å². The van der Waals surface area contributed by atoms with E-state index in [1.54, 1.807) is 0 Å². The summed E-state index contributed by atoms with van der Waals surface area (Å²) in [5, 5.41) is 3.88. The number of piperidine rings is 1. The highest BCUT2D eigenvalue weighted by Crippen LogP contribution is 2.42. The number of ether oxygens (including phenoxy) is 1. The van der Waals surface area contributed by atoms with Gasteiger partial charge in [0.1, 0.15) is 11.5 Å². The number of hydrogen-bond acceptors (Lipinski definition) is 3. The molecule has 1 saturated heterocycles. The first kappa shape index (κ1) is 13.8. The third kappa shape index (κ3) is 2.51. The predicted molar refractivity (Wildman–Crippen MR) is 88.5 cm³/mol. The highest BCUT2D eigenvalue weighted by molar-refractivity contribution is 5.52. The quantitative estimate of drug-likeness (QED) is 0.916. The number of likely N-dealkylation sites (tertiary alicyclic amines) is 1. The summed E-state index contributed by atoms with van der Waals surface area (Å²) in [5.41, 5.74) is 2.49. The lowest BCUT2D eigenvalue weighted by molar-refractivity contribution is 0.219. The van der Waals surface area contributed by atoms with Gasteiger partial charge in [-0.3, -0.25) is 0 Å². The van der Waals surface area contributed by atoms with Gasteiger partial charge in [0.25, 0.3) is 0 Å². The first-order chi connectivity index (χ1) is 10.8. The van der Waals surface area contributed by atoms with Gasteiger partial charge in [0.2, 0.25) is 0 Å². The van der Waals surface area contributed by atoms with E-state index in [2.05, 4.69) is 53.7 Å². The Labute approximate surface area is 131 Å². The van der Waals surface area contributed by atoms with E-state index in [1.807, 2.05) is 12.1 Å². The zero-order chi connectivity index (χ0) is 14.9. The normalized spacial score (nSPS) is 21.8. The second-order valence-electron chi connectivity index (χ2n) is 6.38. The van der Waals surface area contributed by atoms with E-state index in [-0.39, 0.29) is 6.04 Å². The van der Waals surface area contributed by atoms with Gasteiger partial charge >= 0.3 is 0 Å². The maximum atomic E-state index is 6.07. The zero-order valence-corrected chi connectivity index (χ0v) is 13.0. The van der Waals surface area contributed by atoms with Gasteiger partial charge in [0.05, 0.1) is 6.04 Å². The van der Waals surface area contributed by atoms with E-state index in [0.29, 0.717) is 6.04 Å². The molecular weight excluding hydrogens is 272 g/mol. The minimum absolute atomic E-state index is 0.220. The highest BCUT2D eigenvalue weighted by Gasteiger charge is 2.29. The van der Waals surface area contributed by atoms with Gasteiger partial charge in [-0.15, -0.1) is 0 Å². The number of para-hydroxylation sites is 2. The summed E-state index contributed by atoms with van der Waals surface area (Å²) < 4.78 is 6.07. The van der Waals surface area contributed by atoms with E-state index in [4.69, 9.17) is 4.74 Å². The van der Waals surface area contributed by atoms with Crippen molar-refractivity contribution in [3.63, 3.8) is 0 Å². The molecule has 3 heteroatoms. The second-order valence-corrected chi connectivity index (χ2v) is 6.38. The smallest absolute Gasteiger partial charge is 0.132 e. The number of nitrogens with one attached hydrogen (secondary N) is 1. The molecule has 3 nitrogen and oxygen atoms in total. The van der Waals surface area contributed by atoms with Crippen LogP contribution in [-0.2, 0) is 0 Å². The van der Waals surface area contributed by atoms with E-state index in [9.17, 15) is 0 Å². The molecule has 4 rings (SSSR count). The largest absolute Gasteiger partial charge is 0.457 e. The molecule has 1 unspecified atom stereocenters. The molecule has 1 fully saturated rings. The average molecular weight is 294 g/mol. The topological polar surface area (TPSA) is 24.5 Å². The summed E-state index contributed by atoms with van der Waals surface area (Å²) in [7, 11) is 2.21. The van der Waals surface area contributed by atoms with Crippen molar-refractivity contribution in [1.29, 1.82) is 0 Å². The van der Waals surface area contributed by atoms with Crippen LogP contribution in [0.15, 0.2) is 48.5 Å². The monoisotopic (exact) mass is 294 g/mol. The molecule has 1 atom stereocenters. The Hall–Kier alpha value is -1.84. The molecule has 0 aliphatic carbocycles. The van der Waals surface area contributed by atoms with Crippen molar-refractivity contribution < 1.29 is 4.74 Å². The summed E-state index contributed by atoms with van der Waals surface area (Å²) in [6.45, 7) is 2.32. The first-order valence-electron chi connectivity index (χ1n) is 8.11. The third-order valence-electron chi connectivity index (χ3n) is 4.71. The summed E-state index contributed by atoms with van der Waals surface area (Å²) in [6.07, 6.45) is 2.51. The fourth-order valence-corrected chi connectivity index (χ4v) is 3.63. The molecule has 2 aliphatic rings. The molecule has 2 aliphatic heterocycles. The molecule has 0 saturated carbocycles. The van der Waals surface area contributed by atoms with Crippen LogP contribution in [0.5, 0.6) is 11.5 Å². The van der Waals surface area contributed by atoms with Crippen LogP contribution in [0, 0.1) is 0 Å². The maximum absolute atomic E-state index is 6.07. The molecule has 0 radical (unpaired) electrons. The van der Waals surface area contributed by atoms with Gasteiger partial charge in [-0.2, -0.15) is 0 Å². The van der Waals surface area contributed by atoms with Crippen molar-refractivity contribution in [1.82, 2.24) is 10.2 Å². The Morgan fingerprint density at radius 2 is 1.64 bits per heavy atom. The predicted octanol–water partition coefficient (Wildman–Crippen LogP) is 3.57. The molecule has 2 aromatic carbocycles. The minimum atomic E-state index is 0.220. The summed E-state index contributed by atoms with van der Waals surface area (Å²) in [5.74, 6) is 1.95. The number of fused-ring (bicyclic) bond motifs is 2. The van der Waals surface area contributed by atoms with Crippen LogP contribution in [0.2, 0.25) is 0 Å². The summed E-state index contributed by atoms with van der Waals surface area (Å²) >= 11 is 0. The molecule has 0 bridgehead atoms. The number of rotatable bonds is 2. The van der Waals surface area contributed by atoms with Crippen LogP contribution in [0.1, 0.15) is 30.0 Å². The van der Waals surface area contributed by atoms with Crippen LogP contribution in [-0.4, -0.2) is 31.1 Å². The van der Waals surface area contributed by atoms with Crippen LogP contribution in [0.3, 0.4) is 0 Å². The molecule has 0 amide bonds. The summed E-state index contributed by atoms with van der Waals surface area (Å²) in [4.78, 5) is 2.41. The van der Waals surface area contributed by atoms with Crippen molar-refractivity contribution in [2.75, 3.05) is 20.1 Å². The Bertz CT molecular complexity index is 624. The average Bonchev–Trinajstić information content (AvgIpc) is 2.55. The molecule has 2 heterocycles. The van der Waals surface area contributed by atoms with Crippen molar-refractivity contribution in [3.8, 4) is 11.5 Å². The molecule has 114 valence electrons. The van der Waals surface area contributed by atoms with Crippen LogP contribution in [0.4, 0.5) is 0 Å². The van der Waals surface area contributed by atoms with Gasteiger partial charge in [-0.05, 0) is 38.6 Å². The third-order valence-corrected chi connectivity index (χ3v) is 4.71. The fraction of sp³-hybridized carbons (Fsp3) is 0.368. The molecule has 22 heavy (non-hydrogen) atoms.